The van der Waals surface area contributed by atoms with E-state index in [-0.39, 0.29) is 11.4 Å². The first-order valence-electron chi connectivity index (χ1n) is 5.75. The topological polar surface area (TPSA) is 62.2 Å². The van der Waals surface area contributed by atoms with Gasteiger partial charge in [-0.05, 0) is 36.2 Å². The van der Waals surface area contributed by atoms with Gasteiger partial charge in [0, 0.05) is 11.9 Å². The van der Waals surface area contributed by atoms with Crippen molar-refractivity contribution in [2.45, 2.75) is 13.3 Å². The van der Waals surface area contributed by atoms with E-state index in [2.05, 4.69) is 10.3 Å². The number of aromatic nitrogens is 1. The van der Waals surface area contributed by atoms with Crippen LogP contribution in [0.4, 0.5) is 5.69 Å². The number of carbonyl (C=O) groups excluding carboxylic acids is 1. The monoisotopic (exact) mass is 242 g/mol. The second kappa shape index (κ2) is 5.31. The highest BCUT2D eigenvalue weighted by Crippen LogP contribution is 2.16. The number of benzene rings is 1. The van der Waals surface area contributed by atoms with Crippen molar-refractivity contribution in [3.05, 3.63) is 53.9 Å². The number of anilines is 1. The molecule has 0 saturated heterocycles. The molecule has 1 heterocycles. The summed E-state index contributed by atoms with van der Waals surface area (Å²) in [4.78, 5) is 15.8. The van der Waals surface area contributed by atoms with Gasteiger partial charge in [-0.2, -0.15) is 0 Å². The first-order chi connectivity index (χ1) is 8.70. The summed E-state index contributed by atoms with van der Waals surface area (Å²) in [5.74, 6) is -0.539. The third-order valence-corrected chi connectivity index (χ3v) is 2.59. The smallest absolute Gasteiger partial charge is 0.278 e. The number of amides is 1. The quantitative estimate of drug-likeness (QED) is 0.869. The van der Waals surface area contributed by atoms with Crippen molar-refractivity contribution in [3.8, 4) is 5.75 Å². The van der Waals surface area contributed by atoms with Crippen LogP contribution in [0.25, 0.3) is 0 Å². The molecule has 4 heteroatoms. The molecule has 1 aromatic heterocycles. The Hall–Kier alpha value is -2.36. The molecule has 4 nitrogen and oxygen atoms in total. The average molecular weight is 242 g/mol. The summed E-state index contributed by atoms with van der Waals surface area (Å²) in [6.07, 6.45) is 2.37. The molecule has 1 amide bonds. The number of aromatic hydroxyl groups is 1. The molecular weight excluding hydrogens is 228 g/mol. The Labute approximate surface area is 105 Å². The summed E-state index contributed by atoms with van der Waals surface area (Å²) >= 11 is 0. The van der Waals surface area contributed by atoms with Crippen LogP contribution in [0.2, 0.25) is 0 Å². The first kappa shape index (κ1) is 12.1. The third kappa shape index (κ3) is 2.66. The number of rotatable bonds is 3. The lowest BCUT2D eigenvalue weighted by Crippen LogP contribution is -2.13. The minimum atomic E-state index is -0.415. The van der Waals surface area contributed by atoms with Crippen LogP contribution in [-0.4, -0.2) is 16.0 Å². The SMILES string of the molecule is CCc1cccc(NC(=O)c2ncccc2O)c1. The van der Waals surface area contributed by atoms with Crippen molar-refractivity contribution in [2.24, 2.45) is 0 Å². The highest BCUT2D eigenvalue weighted by Gasteiger charge is 2.12. The Kier molecular flexibility index (Phi) is 3.57. The zero-order chi connectivity index (χ0) is 13.0. The van der Waals surface area contributed by atoms with Gasteiger partial charge in [0.05, 0.1) is 0 Å². The van der Waals surface area contributed by atoms with E-state index < -0.39 is 5.91 Å². The van der Waals surface area contributed by atoms with Crippen LogP contribution >= 0.6 is 0 Å². The number of nitrogens with one attached hydrogen (secondary N) is 1. The van der Waals surface area contributed by atoms with Crippen LogP contribution in [0, 0.1) is 0 Å². The van der Waals surface area contributed by atoms with E-state index >= 15 is 0 Å². The zero-order valence-corrected chi connectivity index (χ0v) is 10.1. The number of nitrogens with zero attached hydrogens (tertiary/aromatic N) is 1. The predicted molar refractivity (Wildman–Crippen MR) is 69.7 cm³/mol. The van der Waals surface area contributed by atoms with Gasteiger partial charge < -0.3 is 10.4 Å². The van der Waals surface area contributed by atoms with E-state index in [0.717, 1.165) is 12.0 Å². The molecule has 0 aliphatic rings. The molecule has 0 unspecified atom stereocenters. The number of hydrogen-bond donors (Lipinski definition) is 2. The molecule has 0 aliphatic carbocycles. The van der Waals surface area contributed by atoms with Crippen LogP contribution in [0.3, 0.4) is 0 Å². The summed E-state index contributed by atoms with van der Waals surface area (Å²) in [7, 11) is 0. The van der Waals surface area contributed by atoms with Crippen molar-refractivity contribution in [2.75, 3.05) is 5.32 Å². The maximum absolute atomic E-state index is 11.9. The largest absolute Gasteiger partial charge is 0.505 e. The molecule has 2 aromatic rings. The van der Waals surface area contributed by atoms with Crippen molar-refractivity contribution in [3.63, 3.8) is 0 Å². The van der Waals surface area contributed by atoms with Crippen molar-refractivity contribution in [1.29, 1.82) is 0 Å². The molecule has 0 saturated carbocycles. The molecule has 0 spiro atoms. The molecule has 0 fully saturated rings. The summed E-state index contributed by atoms with van der Waals surface area (Å²) in [6, 6.07) is 10.6. The summed E-state index contributed by atoms with van der Waals surface area (Å²) in [5.41, 5.74) is 1.86. The van der Waals surface area contributed by atoms with E-state index in [0.29, 0.717) is 5.69 Å². The molecule has 18 heavy (non-hydrogen) atoms. The number of aryl methyl sites for hydroxylation is 1. The molecular formula is C14H14N2O2. The minimum Gasteiger partial charge on any atom is -0.505 e. The molecule has 0 bridgehead atoms. The van der Waals surface area contributed by atoms with Gasteiger partial charge in [-0.3, -0.25) is 4.79 Å². The van der Waals surface area contributed by atoms with Crippen LogP contribution in [0.1, 0.15) is 23.0 Å². The molecule has 0 radical (unpaired) electrons. The Morgan fingerprint density at radius 3 is 2.89 bits per heavy atom. The fraction of sp³-hybridized carbons (Fsp3) is 0.143. The molecule has 2 rings (SSSR count). The van der Waals surface area contributed by atoms with Gasteiger partial charge in [0.2, 0.25) is 0 Å². The zero-order valence-electron chi connectivity index (χ0n) is 10.1. The maximum Gasteiger partial charge on any atom is 0.278 e. The van der Waals surface area contributed by atoms with Gasteiger partial charge >= 0.3 is 0 Å². The predicted octanol–water partition coefficient (Wildman–Crippen LogP) is 2.60. The highest BCUT2D eigenvalue weighted by atomic mass is 16.3. The van der Waals surface area contributed by atoms with Crippen molar-refractivity contribution in [1.82, 2.24) is 4.98 Å². The molecule has 1 aromatic carbocycles. The maximum atomic E-state index is 11.9. The molecule has 2 N–H and O–H groups in total. The fourth-order valence-electron chi connectivity index (χ4n) is 1.63. The van der Waals surface area contributed by atoms with E-state index in [9.17, 15) is 9.90 Å². The van der Waals surface area contributed by atoms with Gasteiger partial charge in [-0.15, -0.1) is 0 Å². The minimum absolute atomic E-state index is 0.0272. The van der Waals surface area contributed by atoms with Gasteiger partial charge in [0.15, 0.2) is 5.69 Å². The molecule has 0 aliphatic heterocycles. The van der Waals surface area contributed by atoms with E-state index in [1.165, 1.54) is 12.3 Å². The van der Waals surface area contributed by atoms with Crippen LogP contribution in [0.15, 0.2) is 42.6 Å². The first-order valence-corrected chi connectivity index (χ1v) is 5.75. The normalized spacial score (nSPS) is 10.1. The average Bonchev–Trinajstić information content (AvgIpc) is 2.39. The third-order valence-electron chi connectivity index (χ3n) is 2.59. The summed E-state index contributed by atoms with van der Waals surface area (Å²) in [6.45, 7) is 2.05. The Morgan fingerprint density at radius 2 is 2.17 bits per heavy atom. The van der Waals surface area contributed by atoms with Crippen molar-refractivity contribution >= 4 is 11.6 Å². The van der Waals surface area contributed by atoms with Gasteiger partial charge in [-0.25, -0.2) is 4.98 Å². The van der Waals surface area contributed by atoms with E-state index in [4.69, 9.17) is 0 Å². The van der Waals surface area contributed by atoms with Gasteiger partial charge in [0.1, 0.15) is 5.75 Å². The Balaban J connectivity index is 2.19. The lowest BCUT2D eigenvalue weighted by atomic mass is 10.1. The van der Waals surface area contributed by atoms with E-state index in [1.54, 1.807) is 12.1 Å². The lowest BCUT2D eigenvalue weighted by molar-refractivity contribution is 0.101. The summed E-state index contributed by atoms with van der Waals surface area (Å²) in [5, 5.41) is 12.2. The standard InChI is InChI=1S/C14H14N2O2/c1-2-10-5-3-6-11(9-10)16-14(18)13-12(17)7-4-8-15-13/h3-9,17H,2H2,1H3,(H,16,18). The van der Waals surface area contributed by atoms with E-state index in [1.807, 2.05) is 25.1 Å². The van der Waals surface area contributed by atoms with Gasteiger partial charge in [-0.1, -0.05) is 19.1 Å². The lowest BCUT2D eigenvalue weighted by Gasteiger charge is -2.07. The number of hydrogen-bond acceptors (Lipinski definition) is 3. The van der Waals surface area contributed by atoms with Crippen LogP contribution in [-0.2, 0) is 6.42 Å². The highest BCUT2D eigenvalue weighted by molar-refractivity contribution is 6.04. The van der Waals surface area contributed by atoms with Crippen LogP contribution < -0.4 is 5.32 Å². The van der Waals surface area contributed by atoms with Gasteiger partial charge in [0.25, 0.3) is 5.91 Å². The van der Waals surface area contributed by atoms with Crippen LogP contribution in [0.5, 0.6) is 5.75 Å². The Bertz CT molecular complexity index is 567. The second-order valence-corrected chi connectivity index (χ2v) is 3.88. The molecule has 92 valence electrons. The molecule has 0 atom stereocenters. The summed E-state index contributed by atoms with van der Waals surface area (Å²) < 4.78 is 0. The second-order valence-electron chi connectivity index (χ2n) is 3.88. The number of pyridine rings is 1. The number of carbonyl (C=O) groups is 1. The Morgan fingerprint density at radius 1 is 1.33 bits per heavy atom. The fourth-order valence-corrected chi connectivity index (χ4v) is 1.63. The van der Waals surface area contributed by atoms with Crippen molar-refractivity contribution < 1.29 is 9.90 Å².